The van der Waals surface area contributed by atoms with E-state index in [4.69, 9.17) is 18.9 Å². The van der Waals surface area contributed by atoms with Crippen LogP contribution in [-0.4, -0.2) is 96.7 Å². The molecule has 0 saturated carbocycles. The third kappa shape index (κ3) is 8.72. The number of carbonyl (C=O) groups is 3. The third-order valence-corrected chi connectivity index (χ3v) is 11.0. The number of hydrazone groups is 1. The van der Waals surface area contributed by atoms with Crippen molar-refractivity contribution in [3.05, 3.63) is 71.3 Å². The van der Waals surface area contributed by atoms with Crippen molar-refractivity contribution in [2.45, 2.75) is 85.6 Å². The number of hydrogen-bond acceptors (Lipinski definition) is 16. The number of phenols is 3. The molecule has 5 bridgehead atoms. The second-order valence-electron chi connectivity index (χ2n) is 15.1. The number of benzene rings is 2. The van der Waals surface area contributed by atoms with E-state index in [2.05, 4.69) is 25.8 Å². The number of aliphatic hydroxyl groups excluding tert-OH is 2. The number of ketones is 1. The highest BCUT2D eigenvalue weighted by Gasteiger charge is 2.50. The van der Waals surface area contributed by atoms with Gasteiger partial charge in [-0.15, -0.1) is 0 Å². The third-order valence-electron chi connectivity index (χ3n) is 11.0. The van der Waals surface area contributed by atoms with Crippen molar-refractivity contribution in [1.82, 2.24) is 9.97 Å². The lowest BCUT2D eigenvalue weighted by Crippen LogP contribution is -2.46. The van der Waals surface area contributed by atoms with Gasteiger partial charge in [0.25, 0.3) is 11.7 Å². The van der Waals surface area contributed by atoms with Gasteiger partial charge in [-0.3, -0.25) is 14.4 Å². The zero-order valence-corrected chi connectivity index (χ0v) is 34.3. The molecule has 1 aromatic heterocycles. The molecule has 6 rings (SSSR count). The molecule has 9 unspecified atom stereocenters. The van der Waals surface area contributed by atoms with Gasteiger partial charge in [-0.05, 0) is 26.0 Å². The molecule has 0 spiro atoms. The van der Waals surface area contributed by atoms with E-state index >= 15 is 0 Å². The summed E-state index contributed by atoms with van der Waals surface area (Å²) in [4.78, 5) is 48.4. The summed E-state index contributed by atoms with van der Waals surface area (Å²) in [6, 6.07) is 1.59. The van der Waals surface area contributed by atoms with Gasteiger partial charge >= 0.3 is 11.8 Å². The average Bonchev–Trinajstić information content (AvgIpc) is 3.47. The normalized spacial score (nSPS) is 30.0. The topological polar surface area (TPSA) is 251 Å². The maximum Gasteiger partial charge on any atom is 0.312 e. The van der Waals surface area contributed by atoms with Crippen molar-refractivity contribution in [2.24, 2.45) is 28.8 Å². The molecule has 4 heterocycles. The SMILES string of the molecule is COC1/C=C\OC2(C)Oc3c(C)c(O)c4c(O)c(c(/C=N/Nc5ncccn5)c(O)c4c3C2=O)NC(=O)/C(C)=C/C=C/C(C)C(O)C(C)C(O)C(C)C(OC(C)=O)C1C. The number of fused-ring (bicyclic) bond motifs is 14. The fraction of sp³-hybridized carbons (Fsp3) is 0.429. The molecule has 0 radical (unpaired) electrons. The highest BCUT2D eigenvalue weighted by atomic mass is 16.7. The van der Waals surface area contributed by atoms with E-state index in [0.717, 1.165) is 6.21 Å². The van der Waals surface area contributed by atoms with Crippen molar-refractivity contribution in [2.75, 3.05) is 17.9 Å². The Morgan fingerprint density at radius 2 is 1.64 bits per heavy atom. The van der Waals surface area contributed by atoms with Crippen LogP contribution in [0.2, 0.25) is 0 Å². The number of aromatic nitrogens is 2. The van der Waals surface area contributed by atoms with Crippen molar-refractivity contribution >= 4 is 46.3 Å². The quantitative estimate of drug-likeness (QED) is 0.0589. The molecule has 3 aromatic rings. The van der Waals surface area contributed by atoms with Crippen LogP contribution < -0.4 is 15.5 Å². The van der Waals surface area contributed by atoms with Crippen molar-refractivity contribution in [1.29, 1.82) is 0 Å². The Bertz CT molecular complexity index is 2220. The van der Waals surface area contributed by atoms with Crippen LogP contribution in [0.4, 0.5) is 11.6 Å². The molecule has 7 N–H and O–H groups in total. The fourth-order valence-corrected chi connectivity index (χ4v) is 7.38. The predicted molar refractivity (Wildman–Crippen MR) is 217 cm³/mol. The lowest BCUT2D eigenvalue weighted by Gasteiger charge is -2.38. The van der Waals surface area contributed by atoms with Crippen LogP contribution in [0.1, 0.15) is 70.0 Å². The predicted octanol–water partition coefficient (Wildman–Crippen LogP) is 4.99. The number of carbonyl (C=O) groups excluding carboxylic acids is 3. The summed E-state index contributed by atoms with van der Waals surface area (Å²) in [5.74, 6) is -8.73. The van der Waals surface area contributed by atoms with Gasteiger partial charge in [0.1, 0.15) is 23.4 Å². The molecule has 0 saturated heterocycles. The number of nitrogens with zero attached hydrogens (tertiary/aromatic N) is 3. The Balaban J connectivity index is 1.71. The largest absolute Gasteiger partial charge is 0.507 e. The monoisotopic (exact) mass is 817 g/mol. The summed E-state index contributed by atoms with van der Waals surface area (Å²) in [5.41, 5.74) is 1.88. The molecule has 17 nitrogen and oxygen atoms in total. The van der Waals surface area contributed by atoms with E-state index in [9.17, 15) is 39.9 Å². The Kier molecular flexibility index (Phi) is 13.3. The van der Waals surface area contributed by atoms with E-state index in [1.54, 1.807) is 45.9 Å². The average molecular weight is 818 g/mol. The number of hydrogen-bond donors (Lipinski definition) is 7. The number of ether oxygens (including phenoxy) is 4. The van der Waals surface area contributed by atoms with Crippen molar-refractivity contribution in [3.63, 3.8) is 0 Å². The summed E-state index contributed by atoms with van der Waals surface area (Å²) in [7, 11) is 1.42. The second kappa shape index (κ2) is 17.8. The molecular formula is C42H51N5O12. The molecule has 1 amide bonds. The van der Waals surface area contributed by atoms with Crippen LogP contribution in [0.3, 0.4) is 0 Å². The van der Waals surface area contributed by atoms with Gasteiger partial charge in [-0.1, -0.05) is 45.9 Å². The van der Waals surface area contributed by atoms with Crippen LogP contribution >= 0.6 is 0 Å². The maximum absolute atomic E-state index is 14.4. The number of aliphatic hydroxyl groups is 2. The summed E-state index contributed by atoms with van der Waals surface area (Å²) in [6.07, 6.45) is 7.36. The molecule has 0 fully saturated rings. The van der Waals surface area contributed by atoms with E-state index in [0.29, 0.717) is 0 Å². The summed E-state index contributed by atoms with van der Waals surface area (Å²) in [5, 5.41) is 64.1. The van der Waals surface area contributed by atoms with Gasteiger partial charge in [-0.2, -0.15) is 5.10 Å². The highest BCUT2D eigenvalue weighted by Crippen LogP contribution is 2.55. The first-order valence-corrected chi connectivity index (χ1v) is 19.0. The van der Waals surface area contributed by atoms with Crippen molar-refractivity contribution < 1.29 is 58.9 Å². The van der Waals surface area contributed by atoms with Gasteiger partial charge in [0, 0.05) is 73.5 Å². The Morgan fingerprint density at radius 3 is 2.29 bits per heavy atom. The highest BCUT2D eigenvalue weighted by molar-refractivity contribution is 6.23. The molecule has 17 heteroatoms. The number of esters is 1. The van der Waals surface area contributed by atoms with Crippen LogP contribution in [0.25, 0.3) is 10.8 Å². The van der Waals surface area contributed by atoms with Crippen molar-refractivity contribution in [3.8, 4) is 23.0 Å². The zero-order valence-electron chi connectivity index (χ0n) is 34.3. The molecule has 3 aliphatic rings. The number of methoxy groups -OCH3 is 1. The van der Waals surface area contributed by atoms with Crippen LogP contribution in [-0.2, 0) is 23.8 Å². The molecular weight excluding hydrogens is 766 g/mol. The van der Waals surface area contributed by atoms with E-state index in [1.807, 2.05) is 0 Å². The number of Topliss-reactive ketones (excluding diaryl/α,β-unsaturated/α-hetero) is 1. The van der Waals surface area contributed by atoms with Gasteiger partial charge in [0.2, 0.25) is 5.95 Å². The lowest BCUT2D eigenvalue weighted by molar-refractivity contribution is -0.160. The second-order valence-corrected chi connectivity index (χ2v) is 15.1. The first-order chi connectivity index (χ1) is 27.8. The van der Waals surface area contributed by atoms with Gasteiger partial charge in [0.05, 0.1) is 53.0 Å². The number of phenolic OH excluding ortho intramolecular Hbond substituents is 3. The smallest absolute Gasteiger partial charge is 0.312 e. The molecule has 9 atom stereocenters. The van der Waals surface area contributed by atoms with Gasteiger partial charge in [0.15, 0.2) is 5.75 Å². The Morgan fingerprint density at radius 1 is 0.966 bits per heavy atom. The van der Waals surface area contributed by atoms with E-state index in [-0.39, 0.29) is 50.4 Å². The lowest BCUT2D eigenvalue weighted by atomic mass is 9.78. The minimum atomic E-state index is -2.08. The standard InChI is InChI=1S/C42H51N5O12/c1-19-12-10-13-20(2)40(55)46-31-26(18-45-47-41-43-15-11-16-44-41)35(52)28-29(36(31)53)34(51)24(6)38-30(28)39(54)42(8,59-38)57-17-14-27(56-9)21(3)37(58-25(7)48)23(5)33(50)22(4)32(19)49/h10-19,21-23,27,32-33,37,49-53H,1-9H3,(H,46,55)(H,43,44,47)/b12-10+,17-14-,20-13+,45-18+. The van der Waals surface area contributed by atoms with Gasteiger partial charge in [-0.25, -0.2) is 15.4 Å². The molecule has 2 aromatic carbocycles. The number of nitrogens with one attached hydrogen (secondary N) is 2. The zero-order chi connectivity index (χ0) is 43.5. The summed E-state index contributed by atoms with van der Waals surface area (Å²) < 4.78 is 23.5. The maximum atomic E-state index is 14.4. The number of anilines is 2. The minimum Gasteiger partial charge on any atom is -0.507 e. The first-order valence-electron chi connectivity index (χ1n) is 19.0. The summed E-state index contributed by atoms with van der Waals surface area (Å²) >= 11 is 0. The Labute approximate surface area is 341 Å². The van der Waals surface area contributed by atoms with E-state index < -0.39 is 88.8 Å². The number of amides is 1. The minimum absolute atomic E-state index is 0.0193. The first kappa shape index (κ1) is 44.1. The summed E-state index contributed by atoms with van der Waals surface area (Å²) in [6.45, 7) is 12.4. The van der Waals surface area contributed by atoms with E-state index in [1.165, 1.54) is 65.6 Å². The molecule has 316 valence electrons. The van der Waals surface area contributed by atoms with Crippen LogP contribution in [0.5, 0.6) is 23.0 Å². The molecule has 0 aliphatic carbocycles. The number of aromatic hydroxyl groups is 3. The van der Waals surface area contributed by atoms with Gasteiger partial charge < -0.3 is 49.8 Å². The Hall–Kier alpha value is -6.04. The number of allylic oxidation sites excluding steroid dienone is 2. The molecule has 3 aliphatic heterocycles. The molecule has 59 heavy (non-hydrogen) atoms. The van der Waals surface area contributed by atoms with Crippen LogP contribution in [0, 0.1) is 30.6 Å². The fourth-order valence-electron chi connectivity index (χ4n) is 7.38. The number of rotatable bonds is 5. The van der Waals surface area contributed by atoms with Crippen LogP contribution in [0.15, 0.2) is 59.7 Å².